The van der Waals surface area contributed by atoms with Crippen LogP contribution in [0.25, 0.3) is 0 Å². The lowest BCUT2D eigenvalue weighted by Gasteiger charge is -2.24. The molecule has 7 heteroatoms. The maximum Gasteiger partial charge on any atom is 0.321 e. The van der Waals surface area contributed by atoms with Gasteiger partial charge < -0.3 is 10.6 Å². The Morgan fingerprint density at radius 1 is 1.29 bits per heavy atom. The fourth-order valence-corrected chi connectivity index (χ4v) is 2.65. The molecule has 0 heterocycles. The van der Waals surface area contributed by atoms with Gasteiger partial charge in [0.2, 0.25) is 0 Å². The maximum absolute atomic E-state index is 13.5. The third kappa shape index (κ3) is 3.91. The molecule has 2 aromatic rings. The van der Waals surface area contributed by atoms with Crippen molar-refractivity contribution in [3.63, 3.8) is 0 Å². The van der Waals surface area contributed by atoms with Crippen LogP contribution in [0, 0.1) is 5.82 Å². The second-order valence-corrected chi connectivity index (χ2v) is 5.84. The highest BCUT2D eigenvalue weighted by atomic mass is 79.9. The molecule has 0 saturated carbocycles. The smallest absolute Gasteiger partial charge is 0.321 e. The van der Waals surface area contributed by atoms with E-state index in [4.69, 9.17) is 0 Å². The van der Waals surface area contributed by atoms with Crippen molar-refractivity contribution in [1.82, 2.24) is 5.32 Å². The number of nitrogens with one attached hydrogen (secondary N) is 2. The average molecular weight is 393 g/mol. The van der Waals surface area contributed by atoms with E-state index in [-0.39, 0.29) is 18.4 Å². The van der Waals surface area contributed by atoms with Crippen LogP contribution in [-0.4, -0.2) is 26.8 Å². The highest BCUT2D eigenvalue weighted by Gasteiger charge is 2.18. The lowest BCUT2D eigenvalue weighted by molar-refractivity contribution is 0.248. The summed E-state index contributed by atoms with van der Waals surface area (Å²) in [7, 11) is 3.33. The zero-order valence-electron chi connectivity index (χ0n) is 13.4. The monoisotopic (exact) mass is 392 g/mol. The van der Waals surface area contributed by atoms with E-state index in [1.165, 1.54) is 17.0 Å². The standard InChI is InChI=1S/C17H18BrFN4O/c1-20-15-7-5-13(9-16(15)21-2)23(17(24)22-3)10-11-8-12(19)4-6-14(11)18/h4-9,20H,2,10H2,1,3H3,(H,22,24). The number of rotatable bonds is 5. The maximum atomic E-state index is 13.5. The SMILES string of the molecule is C=Nc1cc(N(Cc2cc(F)ccc2Br)C(=O)NC)ccc1NC. The van der Waals surface area contributed by atoms with Gasteiger partial charge in [0, 0.05) is 24.3 Å². The minimum absolute atomic E-state index is 0.202. The Labute approximate surface area is 148 Å². The van der Waals surface area contributed by atoms with Crippen molar-refractivity contribution in [2.45, 2.75) is 6.54 Å². The number of nitrogens with zero attached hydrogens (tertiary/aromatic N) is 2. The molecular weight excluding hydrogens is 375 g/mol. The van der Waals surface area contributed by atoms with Gasteiger partial charge in [0.1, 0.15) is 5.82 Å². The Hall–Kier alpha value is -2.41. The molecule has 0 spiro atoms. The summed E-state index contributed by atoms with van der Waals surface area (Å²) in [5, 5.41) is 5.61. The molecule has 2 rings (SSSR count). The van der Waals surface area contributed by atoms with Crippen molar-refractivity contribution in [3.05, 3.63) is 52.3 Å². The number of urea groups is 1. The van der Waals surface area contributed by atoms with Gasteiger partial charge in [0.25, 0.3) is 0 Å². The Morgan fingerprint density at radius 2 is 2.04 bits per heavy atom. The minimum Gasteiger partial charge on any atom is -0.386 e. The molecule has 0 fully saturated rings. The van der Waals surface area contributed by atoms with E-state index in [1.807, 2.05) is 6.07 Å². The summed E-state index contributed by atoms with van der Waals surface area (Å²) in [5.74, 6) is -0.357. The van der Waals surface area contributed by atoms with Crippen LogP contribution in [-0.2, 0) is 6.54 Å². The minimum atomic E-state index is -0.357. The molecule has 24 heavy (non-hydrogen) atoms. The molecule has 0 aliphatic rings. The largest absolute Gasteiger partial charge is 0.386 e. The second-order valence-electron chi connectivity index (χ2n) is 4.99. The number of carbonyl (C=O) groups excluding carboxylic acids is 1. The van der Waals surface area contributed by atoms with Gasteiger partial charge in [-0.25, -0.2) is 9.18 Å². The number of halogens is 2. The summed E-state index contributed by atoms with van der Waals surface area (Å²) in [6, 6.07) is 9.43. The van der Waals surface area contributed by atoms with Gasteiger partial charge in [-0.1, -0.05) is 15.9 Å². The fourth-order valence-electron chi connectivity index (χ4n) is 2.28. The van der Waals surface area contributed by atoms with Crippen molar-refractivity contribution in [2.24, 2.45) is 4.99 Å². The zero-order chi connectivity index (χ0) is 17.7. The molecule has 0 bridgehead atoms. The summed E-state index contributed by atoms with van der Waals surface area (Å²) in [4.78, 5) is 17.8. The zero-order valence-corrected chi connectivity index (χ0v) is 15.0. The molecule has 0 saturated heterocycles. The van der Waals surface area contributed by atoms with Gasteiger partial charge in [-0.2, -0.15) is 0 Å². The van der Waals surface area contributed by atoms with Gasteiger partial charge >= 0.3 is 6.03 Å². The van der Waals surface area contributed by atoms with Gasteiger partial charge in [-0.3, -0.25) is 9.89 Å². The molecule has 2 amide bonds. The summed E-state index contributed by atoms with van der Waals surface area (Å²) in [6.07, 6.45) is 0. The highest BCUT2D eigenvalue weighted by molar-refractivity contribution is 9.10. The van der Waals surface area contributed by atoms with Crippen LogP contribution in [0.3, 0.4) is 0 Å². The number of carbonyl (C=O) groups is 1. The van der Waals surface area contributed by atoms with E-state index in [9.17, 15) is 9.18 Å². The van der Waals surface area contributed by atoms with Crippen molar-refractivity contribution in [3.8, 4) is 0 Å². The number of anilines is 2. The van der Waals surface area contributed by atoms with Crippen molar-refractivity contribution in [1.29, 1.82) is 0 Å². The summed E-state index contributed by atoms with van der Waals surface area (Å²) >= 11 is 3.39. The topological polar surface area (TPSA) is 56.7 Å². The second kappa shape index (κ2) is 7.92. The third-order valence-electron chi connectivity index (χ3n) is 3.53. The molecule has 0 aliphatic heterocycles. The normalized spacial score (nSPS) is 10.2. The first-order valence-electron chi connectivity index (χ1n) is 7.21. The van der Waals surface area contributed by atoms with E-state index >= 15 is 0 Å². The van der Waals surface area contributed by atoms with E-state index in [0.29, 0.717) is 16.9 Å². The van der Waals surface area contributed by atoms with Crippen LogP contribution < -0.4 is 15.5 Å². The number of aliphatic imine (C=N–C) groups is 1. The molecule has 0 atom stereocenters. The molecule has 0 aromatic heterocycles. The van der Waals surface area contributed by atoms with Crippen LogP contribution >= 0.6 is 15.9 Å². The first kappa shape index (κ1) is 17.9. The predicted octanol–water partition coefficient (Wildman–Crippen LogP) is 4.31. The molecule has 5 nitrogen and oxygen atoms in total. The Kier molecular flexibility index (Phi) is 5.92. The van der Waals surface area contributed by atoms with Crippen molar-refractivity contribution < 1.29 is 9.18 Å². The molecule has 0 radical (unpaired) electrons. The molecule has 2 N–H and O–H groups in total. The number of hydrogen-bond donors (Lipinski definition) is 2. The van der Waals surface area contributed by atoms with E-state index in [0.717, 1.165) is 10.2 Å². The first-order chi connectivity index (χ1) is 11.5. The van der Waals surface area contributed by atoms with Gasteiger partial charge in [-0.05, 0) is 48.7 Å². The Balaban J connectivity index is 2.44. The molecule has 0 aliphatic carbocycles. The molecule has 2 aromatic carbocycles. The lowest BCUT2D eigenvalue weighted by atomic mass is 10.1. The Bertz CT molecular complexity index is 766. The van der Waals surface area contributed by atoms with Crippen LogP contribution in [0.5, 0.6) is 0 Å². The molecular formula is C17H18BrFN4O. The summed E-state index contributed by atoms with van der Waals surface area (Å²) in [5.41, 5.74) is 2.72. The highest BCUT2D eigenvalue weighted by Crippen LogP contribution is 2.31. The fraction of sp³-hybridized carbons (Fsp3) is 0.176. The Morgan fingerprint density at radius 3 is 2.67 bits per heavy atom. The van der Waals surface area contributed by atoms with Crippen LogP contribution in [0.4, 0.5) is 26.2 Å². The molecule has 126 valence electrons. The number of benzene rings is 2. The van der Waals surface area contributed by atoms with E-state index in [2.05, 4.69) is 38.3 Å². The average Bonchev–Trinajstić information content (AvgIpc) is 2.61. The van der Waals surface area contributed by atoms with Crippen LogP contribution in [0.2, 0.25) is 0 Å². The quantitative estimate of drug-likeness (QED) is 0.744. The van der Waals surface area contributed by atoms with Gasteiger partial charge in [0.05, 0.1) is 17.9 Å². The van der Waals surface area contributed by atoms with Crippen molar-refractivity contribution >= 4 is 45.7 Å². The number of amides is 2. The van der Waals surface area contributed by atoms with E-state index in [1.54, 1.807) is 32.3 Å². The number of hydrogen-bond acceptors (Lipinski definition) is 3. The van der Waals surface area contributed by atoms with Crippen LogP contribution in [0.1, 0.15) is 5.56 Å². The van der Waals surface area contributed by atoms with Crippen LogP contribution in [0.15, 0.2) is 45.9 Å². The van der Waals surface area contributed by atoms with Crippen molar-refractivity contribution in [2.75, 3.05) is 24.3 Å². The third-order valence-corrected chi connectivity index (χ3v) is 4.30. The first-order valence-corrected chi connectivity index (χ1v) is 8.01. The van der Waals surface area contributed by atoms with Gasteiger partial charge in [-0.15, -0.1) is 0 Å². The molecule has 0 unspecified atom stereocenters. The lowest BCUT2D eigenvalue weighted by Crippen LogP contribution is -2.37. The summed E-state index contributed by atoms with van der Waals surface area (Å²) in [6.45, 7) is 3.75. The van der Waals surface area contributed by atoms with Gasteiger partial charge in [0.15, 0.2) is 0 Å². The van der Waals surface area contributed by atoms with E-state index < -0.39 is 0 Å². The predicted molar refractivity (Wildman–Crippen MR) is 99.9 cm³/mol. The summed E-state index contributed by atoms with van der Waals surface area (Å²) < 4.78 is 14.3.